The molecule has 0 aliphatic rings. The molecule has 5 heteroatoms. The molecule has 0 fully saturated rings. The van der Waals surface area contributed by atoms with Crippen LogP contribution in [-0.2, 0) is 0 Å². The first kappa shape index (κ1) is 31.9. The van der Waals surface area contributed by atoms with Crippen molar-refractivity contribution in [1.82, 2.24) is 15.0 Å². The maximum absolute atomic E-state index is 6.98. The van der Waals surface area contributed by atoms with Gasteiger partial charge in [-0.2, -0.15) is 0 Å². The number of benzene rings is 8. The molecule has 0 unspecified atom stereocenters. The van der Waals surface area contributed by atoms with Gasteiger partial charge in [0, 0.05) is 43.8 Å². The van der Waals surface area contributed by atoms with Gasteiger partial charge >= 0.3 is 0 Å². The van der Waals surface area contributed by atoms with Crippen LogP contribution in [0.4, 0.5) is 0 Å². The second-order valence-corrected chi connectivity index (χ2v) is 13.9. The third-order valence-electron chi connectivity index (χ3n) is 10.6. The van der Waals surface area contributed by atoms with E-state index in [9.17, 15) is 0 Å². The molecular formula is C51H31N3O2. The van der Waals surface area contributed by atoms with Crippen molar-refractivity contribution in [3.05, 3.63) is 188 Å². The summed E-state index contributed by atoms with van der Waals surface area (Å²) >= 11 is 0. The Morgan fingerprint density at radius 1 is 0.268 bits per heavy atom. The predicted molar refractivity (Wildman–Crippen MR) is 227 cm³/mol. The van der Waals surface area contributed by atoms with E-state index >= 15 is 0 Å². The molecule has 0 spiro atoms. The molecule has 0 saturated carbocycles. The Balaban J connectivity index is 1.11. The topological polar surface area (TPSA) is 65.0 Å². The van der Waals surface area contributed by atoms with Gasteiger partial charge in [0.15, 0.2) is 17.5 Å². The van der Waals surface area contributed by atoms with Crippen molar-refractivity contribution in [2.45, 2.75) is 0 Å². The first-order chi connectivity index (χ1) is 27.7. The van der Waals surface area contributed by atoms with Crippen LogP contribution in [0.2, 0.25) is 0 Å². The Bertz CT molecular complexity index is 3170. The molecule has 0 radical (unpaired) electrons. The number of rotatable bonds is 6. The van der Waals surface area contributed by atoms with E-state index in [0.29, 0.717) is 17.5 Å². The van der Waals surface area contributed by atoms with E-state index in [4.69, 9.17) is 23.8 Å². The van der Waals surface area contributed by atoms with Crippen molar-refractivity contribution in [2.24, 2.45) is 0 Å². The summed E-state index contributed by atoms with van der Waals surface area (Å²) in [6.07, 6.45) is 0. The lowest BCUT2D eigenvalue weighted by Crippen LogP contribution is -2.00. The number of furan rings is 2. The lowest BCUT2D eigenvalue weighted by molar-refractivity contribution is 0.669. The van der Waals surface area contributed by atoms with Crippen LogP contribution in [0.1, 0.15) is 0 Å². The summed E-state index contributed by atoms with van der Waals surface area (Å²) in [5.74, 6) is 1.76. The zero-order valence-corrected chi connectivity index (χ0v) is 30.1. The van der Waals surface area contributed by atoms with Crippen molar-refractivity contribution in [3.63, 3.8) is 0 Å². The zero-order valence-electron chi connectivity index (χ0n) is 30.1. The number of aromatic nitrogens is 3. The molecule has 0 N–H and O–H groups in total. The van der Waals surface area contributed by atoms with Gasteiger partial charge in [0.1, 0.15) is 22.3 Å². The molecule has 56 heavy (non-hydrogen) atoms. The van der Waals surface area contributed by atoms with E-state index in [0.717, 1.165) is 82.8 Å². The lowest BCUT2D eigenvalue weighted by Gasteiger charge is -2.10. The standard InChI is InChI=1S/C51H31N3O2/c1-4-14-32(15-5-1)33-26-28-34(29-27-33)43-30-37(31-44-39-20-10-11-25-45(39)55-48(43)44)38-21-12-22-40-41-23-13-24-42(47(41)56-46(38)40)51-53-49(35-16-6-2-7-17-35)52-50(54-51)36-18-8-3-9-19-36/h1-31H. The Morgan fingerprint density at radius 2 is 0.750 bits per heavy atom. The first-order valence-electron chi connectivity index (χ1n) is 18.7. The SMILES string of the molecule is c1ccc(-c2ccc(-c3cc(-c4cccc5c4oc4c(-c6nc(-c7ccccc7)nc(-c7ccccc7)n6)cccc45)cc4c3oc3ccccc34)cc2)cc1. The van der Waals surface area contributed by atoms with Gasteiger partial charge < -0.3 is 8.83 Å². The zero-order chi connectivity index (χ0) is 37.0. The third kappa shape index (κ3) is 5.37. The quantitative estimate of drug-likeness (QED) is 0.171. The van der Waals surface area contributed by atoms with Gasteiger partial charge in [0.2, 0.25) is 0 Å². The average molecular weight is 718 g/mol. The van der Waals surface area contributed by atoms with Crippen molar-refractivity contribution in [3.8, 4) is 67.5 Å². The molecule has 3 heterocycles. The summed E-state index contributed by atoms with van der Waals surface area (Å²) in [6, 6.07) is 64.5. The lowest BCUT2D eigenvalue weighted by atomic mass is 9.94. The molecule has 0 saturated heterocycles. The summed E-state index contributed by atoms with van der Waals surface area (Å²) in [5, 5.41) is 4.14. The van der Waals surface area contributed by atoms with Gasteiger partial charge in [0.05, 0.1) is 5.56 Å². The minimum absolute atomic E-state index is 0.552. The molecule has 0 aliphatic heterocycles. The number of hydrogen-bond donors (Lipinski definition) is 0. The van der Waals surface area contributed by atoms with Crippen LogP contribution in [0.5, 0.6) is 0 Å². The molecule has 5 nitrogen and oxygen atoms in total. The summed E-state index contributed by atoms with van der Waals surface area (Å²) in [4.78, 5) is 15.0. The fourth-order valence-electron chi connectivity index (χ4n) is 7.82. The van der Waals surface area contributed by atoms with Gasteiger partial charge in [-0.3, -0.25) is 0 Å². The van der Waals surface area contributed by atoms with Crippen molar-refractivity contribution in [1.29, 1.82) is 0 Å². The minimum atomic E-state index is 0.552. The second-order valence-electron chi connectivity index (χ2n) is 13.9. The van der Waals surface area contributed by atoms with E-state index < -0.39 is 0 Å². The number of nitrogens with zero attached hydrogens (tertiary/aromatic N) is 3. The molecule has 262 valence electrons. The van der Waals surface area contributed by atoms with Crippen molar-refractivity contribution in [2.75, 3.05) is 0 Å². The van der Waals surface area contributed by atoms with Crippen molar-refractivity contribution >= 4 is 43.9 Å². The molecule has 3 aromatic heterocycles. The number of para-hydroxylation sites is 3. The predicted octanol–water partition coefficient (Wildman–Crippen LogP) is 13.7. The van der Waals surface area contributed by atoms with Crippen LogP contribution in [-0.4, -0.2) is 15.0 Å². The fourth-order valence-corrected chi connectivity index (χ4v) is 7.82. The number of fused-ring (bicyclic) bond motifs is 6. The first-order valence-corrected chi connectivity index (χ1v) is 18.7. The highest BCUT2D eigenvalue weighted by molar-refractivity contribution is 6.15. The smallest absolute Gasteiger partial charge is 0.167 e. The van der Waals surface area contributed by atoms with Crippen LogP contribution < -0.4 is 0 Å². The highest BCUT2D eigenvalue weighted by atomic mass is 16.3. The van der Waals surface area contributed by atoms with Crippen LogP contribution in [0.15, 0.2) is 197 Å². The molecule has 11 rings (SSSR count). The minimum Gasteiger partial charge on any atom is -0.455 e. The Labute approximate surface area is 322 Å². The molecule has 8 aromatic carbocycles. The second kappa shape index (κ2) is 13.0. The molecule has 11 aromatic rings. The summed E-state index contributed by atoms with van der Waals surface area (Å²) in [7, 11) is 0. The molecule has 0 amide bonds. The molecule has 0 atom stereocenters. The number of hydrogen-bond acceptors (Lipinski definition) is 5. The summed E-state index contributed by atoms with van der Waals surface area (Å²) in [6.45, 7) is 0. The summed E-state index contributed by atoms with van der Waals surface area (Å²) < 4.78 is 13.6. The molecule has 0 aliphatic carbocycles. The Hall–Kier alpha value is -7.63. The van der Waals surface area contributed by atoms with Gasteiger partial charge in [0.25, 0.3) is 0 Å². The normalized spacial score (nSPS) is 11.6. The highest BCUT2D eigenvalue weighted by Gasteiger charge is 2.21. The average Bonchev–Trinajstić information content (AvgIpc) is 3.86. The third-order valence-corrected chi connectivity index (χ3v) is 10.6. The highest BCUT2D eigenvalue weighted by Crippen LogP contribution is 2.44. The Kier molecular flexibility index (Phi) is 7.42. The Morgan fingerprint density at radius 3 is 1.41 bits per heavy atom. The maximum atomic E-state index is 6.98. The van der Waals surface area contributed by atoms with Crippen molar-refractivity contribution < 1.29 is 8.83 Å². The van der Waals surface area contributed by atoms with E-state index in [2.05, 4.69) is 97.1 Å². The van der Waals surface area contributed by atoms with E-state index in [1.807, 2.05) is 91.0 Å². The van der Waals surface area contributed by atoms with Gasteiger partial charge in [-0.15, -0.1) is 0 Å². The monoisotopic (exact) mass is 717 g/mol. The van der Waals surface area contributed by atoms with Gasteiger partial charge in [-0.25, -0.2) is 15.0 Å². The maximum Gasteiger partial charge on any atom is 0.167 e. The van der Waals surface area contributed by atoms with E-state index in [-0.39, 0.29) is 0 Å². The largest absolute Gasteiger partial charge is 0.455 e. The van der Waals surface area contributed by atoms with E-state index in [1.165, 1.54) is 11.1 Å². The van der Waals surface area contributed by atoms with Gasteiger partial charge in [-0.1, -0.05) is 164 Å². The molecular weight excluding hydrogens is 687 g/mol. The van der Waals surface area contributed by atoms with Gasteiger partial charge in [-0.05, 0) is 46.5 Å². The van der Waals surface area contributed by atoms with Crippen LogP contribution in [0.3, 0.4) is 0 Å². The van der Waals surface area contributed by atoms with E-state index in [1.54, 1.807) is 0 Å². The fraction of sp³-hybridized carbons (Fsp3) is 0. The van der Waals surface area contributed by atoms with Crippen LogP contribution in [0.25, 0.3) is 111 Å². The molecule has 0 bridgehead atoms. The van der Waals surface area contributed by atoms with Crippen LogP contribution in [0, 0.1) is 0 Å². The van der Waals surface area contributed by atoms with Crippen LogP contribution >= 0.6 is 0 Å². The summed E-state index contributed by atoms with van der Waals surface area (Å²) in [5.41, 5.74) is 12.4.